The largest absolute Gasteiger partial charge is 0.478 e. The minimum atomic E-state index is -1.24. The molecule has 0 aliphatic carbocycles. The van der Waals surface area contributed by atoms with E-state index in [9.17, 15) is 14.0 Å². The Morgan fingerprint density at radius 1 is 1.05 bits per heavy atom. The molecule has 0 aliphatic heterocycles. The summed E-state index contributed by atoms with van der Waals surface area (Å²) in [4.78, 5) is 23.0. The van der Waals surface area contributed by atoms with Crippen LogP contribution in [0, 0.1) is 5.82 Å². The van der Waals surface area contributed by atoms with Gasteiger partial charge in [-0.15, -0.1) is 0 Å². The number of carbonyl (C=O) groups is 2. The molecule has 2 aromatic rings. The number of para-hydroxylation sites is 1. The Bertz CT molecular complexity index is 688. The molecule has 0 aliphatic rings. The van der Waals surface area contributed by atoms with E-state index in [-0.39, 0.29) is 21.8 Å². The number of aromatic carboxylic acids is 1. The zero-order chi connectivity index (χ0) is 14.7. The topological polar surface area (TPSA) is 66.4 Å². The Labute approximate surface area is 118 Å². The molecule has 20 heavy (non-hydrogen) atoms. The van der Waals surface area contributed by atoms with Crippen LogP contribution in [0.2, 0.25) is 5.02 Å². The summed E-state index contributed by atoms with van der Waals surface area (Å²) >= 11 is 5.87. The third-order valence-corrected chi connectivity index (χ3v) is 2.92. The lowest BCUT2D eigenvalue weighted by Gasteiger charge is -2.10. The molecule has 0 saturated heterocycles. The minimum absolute atomic E-state index is 0.0603. The van der Waals surface area contributed by atoms with Gasteiger partial charge in [0.05, 0.1) is 21.8 Å². The number of hydrogen-bond acceptors (Lipinski definition) is 2. The summed E-state index contributed by atoms with van der Waals surface area (Å²) in [6.07, 6.45) is 0. The third-order valence-electron chi connectivity index (χ3n) is 2.60. The second-order valence-corrected chi connectivity index (χ2v) is 4.31. The molecule has 0 fully saturated rings. The molecule has 2 rings (SSSR count). The molecule has 6 heteroatoms. The van der Waals surface area contributed by atoms with Gasteiger partial charge < -0.3 is 10.4 Å². The van der Waals surface area contributed by atoms with Crippen LogP contribution in [-0.2, 0) is 0 Å². The van der Waals surface area contributed by atoms with E-state index in [2.05, 4.69) is 5.32 Å². The summed E-state index contributed by atoms with van der Waals surface area (Å²) in [5.74, 6) is -2.70. The molecule has 102 valence electrons. The Balaban J connectivity index is 2.38. The van der Waals surface area contributed by atoms with Crippen LogP contribution in [0.4, 0.5) is 10.1 Å². The highest BCUT2D eigenvalue weighted by Gasteiger charge is 2.18. The van der Waals surface area contributed by atoms with Crippen molar-refractivity contribution >= 4 is 29.2 Å². The van der Waals surface area contributed by atoms with E-state index in [1.54, 1.807) is 0 Å². The highest BCUT2D eigenvalue weighted by Crippen LogP contribution is 2.26. The number of carbonyl (C=O) groups excluding carboxylic acids is 1. The number of rotatable bonds is 3. The first-order valence-electron chi connectivity index (χ1n) is 5.58. The van der Waals surface area contributed by atoms with Crippen molar-refractivity contribution in [2.24, 2.45) is 0 Å². The zero-order valence-corrected chi connectivity index (χ0v) is 10.8. The molecular formula is C14H9ClFNO3. The van der Waals surface area contributed by atoms with Crippen molar-refractivity contribution in [3.8, 4) is 0 Å². The van der Waals surface area contributed by atoms with Gasteiger partial charge in [0.15, 0.2) is 0 Å². The molecule has 4 nitrogen and oxygen atoms in total. The molecule has 0 heterocycles. The van der Waals surface area contributed by atoms with Gasteiger partial charge in [0.1, 0.15) is 5.82 Å². The first-order chi connectivity index (χ1) is 9.50. The van der Waals surface area contributed by atoms with Gasteiger partial charge in [0.2, 0.25) is 0 Å². The number of hydrogen-bond donors (Lipinski definition) is 2. The van der Waals surface area contributed by atoms with Crippen molar-refractivity contribution in [2.45, 2.75) is 0 Å². The van der Waals surface area contributed by atoms with Crippen LogP contribution in [0.3, 0.4) is 0 Å². The standard InChI is InChI=1S/C14H9ClFNO3/c15-10-6-3-5-9(14(19)20)12(10)17-13(18)8-4-1-2-7-11(8)16/h1-7H,(H,17,18)(H,19,20). The first-order valence-corrected chi connectivity index (χ1v) is 5.96. The monoisotopic (exact) mass is 293 g/mol. The Morgan fingerprint density at radius 2 is 1.70 bits per heavy atom. The third kappa shape index (κ3) is 2.78. The van der Waals surface area contributed by atoms with Crippen molar-refractivity contribution < 1.29 is 19.1 Å². The Kier molecular flexibility index (Phi) is 4.00. The van der Waals surface area contributed by atoms with Crippen LogP contribution in [0.15, 0.2) is 42.5 Å². The SMILES string of the molecule is O=C(Nc1c(Cl)cccc1C(=O)O)c1ccccc1F. The van der Waals surface area contributed by atoms with Crippen LogP contribution >= 0.6 is 11.6 Å². The first kappa shape index (κ1) is 14.0. The molecule has 0 atom stereocenters. The number of anilines is 1. The van der Waals surface area contributed by atoms with Gasteiger partial charge in [-0.1, -0.05) is 29.8 Å². The van der Waals surface area contributed by atoms with Gasteiger partial charge in [-0.3, -0.25) is 4.79 Å². The lowest BCUT2D eigenvalue weighted by molar-refractivity contribution is 0.0698. The molecule has 2 N–H and O–H groups in total. The van der Waals surface area contributed by atoms with E-state index < -0.39 is 17.7 Å². The summed E-state index contributed by atoms with van der Waals surface area (Å²) in [5.41, 5.74) is -0.416. The van der Waals surface area contributed by atoms with E-state index in [0.29, 0.717) is 0 Å². The van der Waals surface area contributed by atoms with Crippen LogP contribution in [0.25, 0.3) is 0 Å². The molecule has 0 bridgehead atoms. The van der Waals surface area contributed by atoms with Crippen LogP contribution in [0.5, 0.6) is 0 Å². The van der Waals surface area contributed by atoms with E-state index in [0.717, 1.165) is 6.07 Å². The van der Waals surface area contributed by atoms with Gasteiger partial charge >= 0.3 is 5.97 Å². The molecule has 0 aromatic heterocycles. The van der Waals surface area contributed by atoms with E-state index in [1.807, 2.05) is 0 Å². The number of benzene rings is 2. The molecule has 1 amide bonds. The van der Waals surface area contributed by atoms with Crippen molar-refractivity contribution in [2.75, 3.05) is 5.32 Å². The predicted octanol–water partition coefficient (Wildman–Crippen LogP) is 3.43. The van der Waals surface area contributed by atoms with Gasteiger partial charge in [0, 0.05) is 0 Å². The second-order valence-electron chi connectivity index (χ2n) is 3.90. The maximum atomic E-state index is 13.5. The highest BCUT2D eigenvalue weighted by molar-refractivity contribution is 6.34. The highest BCUT2D eigenvalue weighted by atomic mass is 35.5. The van der Waals surface area contributed by atoms with Gasteiger partial charge in [-0.05, 0) is 24.3 Å². The molecule has 0 radical (unpaired) electrons. The summed E-state index contributed by atoms with van der Waals surface area (Å²) in [5, 5.41) is 11.4. The van der Waals surface area contributed by atoms with E-state index in [4.69, 9.17) is 16.7 Å². The quantitative estimate of drug-likeness (QED) is 0.911. The molecular weight excluding hydrogens is 285 g/mol. The second kappa shape index (κ2) is 5.71. The number of carboxylic acids is 1. The summed E-state index contributed by atoms with van der Waals surface area (Å²) < 4.78 is 13.5. The maximum Gasteiger partial charge on any atom is 0.337 e. The number of amides is 1. The number of nitrogens with one attached hydrogen (secondary N) is 1. The summed E-state index contributed by atoms with van der Waals surface area (Å²) in [7, 11) is 0. The smallest absolute Gasteiger partial charge is 0.337 e. The fourth-order valence-electron chi connectivity index (χ4n) is 1.66. The van der Waals surface area contributed by atoms with Crippen molar-refractivity contribution in [3.63, 3.8) is 0 Å². The average molecular weight is 294 g/mol. The lowest BCUT2D eigenvalue weighted by atomic mass is 10.1. The summed E-state index contributed by atoms with van der Waals surface area (Å²) in [6, 6.07) is 9.56. The Hall–Kier alpha value is -2.40. The van der Waals surface area contributed by atoms with E-state index >= 15 is 0 Å². The van der Waals surface area contributed by atoms with Gasteiger partial charge in [-0.2, -0.15) is 0 Å². The molecule has 0 saturated carbocycles. The molecule has 2 aromatic carbocycles. The van der Waals surface area contributed by atoms with Crippen molar-refractivity contribution in [1.82, 2.24) is 0 Å². The fraction of sp³-hybridized carbons (Fsp3) is 0. The van der Waals surface area contributed by atoms with Crippen LogP contribution < -0.4 is 5.32 Å². The van der Waals surface area contributed by atoms with Crippen molar-refractivity contribution in [1.29, 1.82) is 0 Å². The van der Waals surface area contributed by atoms with E-state index in [1.165, 1.54) is 36.4 Å². The predicted molar refractivity (Wildman–Crippen MR) is 72.8 cm³/mol. The number of halogens is 2. The zero-order valence-electron chi connectivity index (χ0n) is 10.1. The van der Waals surface area contributed by atoms with Crippen LogP contribution in [-0.4, -0.2) is 17.0 Å². The normalized spacial score (nSPS) is 10.1. The van der Waals surface area contributed by atoms with Crippen molar-refractivity contribution in [3.05, 3.63) is 64.4 Å². The minimum Gasteiger partial charge on any atom is -0.478 e. The maximum absolute atomic E-state index is 13.5. The van der Waals surface area contributed by atoms with Gasteiger partial charge in [-0.25, -0.2) is 9.18 Å². The van der Waals surface area contributed by atoms with Crippen LogP contribution in [0.1, 0.15) is 20.7 Å². The van der Waals surface area contributed by atoms with Gasteiger partial charge in [0.25, 0.3) is 5.91 Å². The molecule has 0 spiro atoms. The average Bonchev–Trinajstić information content (AvgIpc) is 2.41. The summed E-state index contributed by atoms with van der Waals surface area (Å²) in [6.45, 7) is 0. The number of carboxylic acid groups (broad SMARTS) is 1. The Morgan fingerprint density at radius 3 is 2.35 bits per heavy atom. The fourth-order valence-corrected chi connectivity index (χ4v) is 1.88. The molecule has 0 unspecified atom stereocenters. The lowest BCUT2D eigenvalue weighted by Crippen LogP contribution is -2.16.